The molecule has 2 aliphatic rings. The lowest BCUT2D eigenvalue weighted by molar-refractivity contribution is -0.139. The third-order valence-corrected chi connectivity index (χ3v) is 4.81. The second kappa shape index (κ2) is 4.35. The third-order valence-electron chi connectivity index (χ3n) is 4.81. The summed E-state index contributed by atoms with van der Waals surface area (Å²) < 4.78 is 5.87. The van der Waals surface area contributed by atoms with Gasteiger partial charge in [-0.1, -0.05) is 24.3 Å². The molecule has 0 bridgehead atoms. The Kier molecular flexibility index (Phi) is 2.58. The number of carboxylic acids is 1. The van der Waals surface area contributed by atoms with Gasteiger partial charge in [-0.2, -0.15) is 0 Å². The van der Waals surface area contributed by atoms with Crippen molar-refractivity contribution in [3.8, 4) is 11.5 Å². The van der Waals surface area contributed by atoms with E-state index in [1.165, 1.54) is 11.1 Å². The van der Waals surface area contributed by atoms with E-state index >= 15 is 0 Å². The summed E-state index contributed by atoms with van der Waals surface area (Å²) in [6.45, 7) is 0. The number of ether oxygens (including phenoxy) is 1. The van der Waals surface area contributed by atoms with Crippen LogP contribution in [-0.2, 0) is 16.6 Å². The Labute approximate surface area is 123 Å². The maximum atomic E-state index is 11.3. The van der Waals surface area contributed by atoms with Gasteiger partial charge in [-0.15, -0.1) is 0 Å². The highest BCUT2D eigenvalue weighted by Gasteiger charge is 2.61. The molecule has 21 heavy (non-hydrogen) atoms. The number of para-hydroxylation sites is 1. The van der Waals surface area contributed by atoms with Gasteiger partial charge in [0.05, 0.1) is 5.92 Å². The zero-order valence-corrected chi connectivity index (χ0v) is 11.6. The lowest BCUT2D eigenvalue weighted by Gasteiger charge is -2.12. The molecule has 2 aliphatic carbocycles. The summed E-state index contributed by atoms with van der Waals surface area (Å²) >= 11 is 0. The molecule has 0 aromatic heterocycles. The van der Waals surface area contributed by atoms with Crippen LogP contribution in [0.4, 0.5) is 0 Å². The van der Waals surface area contributed by atoms with Crippen molar-refractivity contribution < 1.29 is 14.6 Å². The average molecular weight is 280 g/mol. The molecule has 1 N–H and O–H groups in total. The number of carboxylic acid groups (broad SMARTS) is 1. The molecule has 0 amide bonds. The van der Waals surface area contributed by atoms with Gasteiger partial charge in [0.15, 0.2) is 0 Å². The van der Waals surface area contributed by atoms with Crippen molar-refractivity contribution in [1.82, 2.24) is 0 Å². The second-order valence-corrected chi connectivity index (χ2v) is 5.99. The van der Waals surface area contributed by atoms with Crippen molar-refractivity contribution in [2.24, 2.45) is 5.92 Å². The maximum Gasteiger partial charge on any atom is 0.307 e. The Morgan fingerprint density at radius 1 is 1.14 bits per heavy atom. The fraction of sp³-hybridized carbons (Fsp3) is 0.278. The summed E-state index contributed by atoms with van der Waals surface area (Å²) in [6.07, 6.45) is 2.70. The number of aliphatic carboxylic acids is 1. The predicted molar refractivity (Wildman–Crippen MR) is 78.7 cm³/mol. The minimum atomic E-state index is -0.669. The molecule has 2 aromatic rings. The molecule has 3 nitrogen and oxygen atoms in total. The van der Waals surface area contributed by atoms with Gasteiger partial charge in [-0.05, 0) is 54.7 Å². The number of aryl methyl sites for hydroxylation is 1. The molecule has 0 unspecified atom stereocenters. The molecule has 2 aromatic carbocycles. The topological polar surface area (TPSA) is 46.5 Å². The van der Waals surface area contributed by atoms with Gasteiger partial charge in [0.1, 0.15) is 11.5 Å². The van der Waals surface area contributed by atoms with E-state index < -0.39 is 5.97 Å². The largest absolute Gasteiger partial charge is 0.481 e. The van der Waals surface area contributed by atoms with E-state index in [2.05, 4.69) is 6.07 Å². The Morgan fingerprint density at radius 2 is 1.95 bits per heavy atom. The van der Waals surface area contributed by atoms with E-state index in [9.17, 15) is 9.90 Å². The van der Waals surface area contributed by atoms with Crippen LogP contribution in [0.1, 0.15) is 24.0 Å². The van der Waals surface area contributed by atoms with E-state index in [1.807, 2.05) is 42.5 Å². The second-order valence-electron chi connectivity index (χ2n) is 5.99. The molecule has 4 rings (SSSR count). The van der Waals surface area contributed by atoms with Crippen molar-refractivity contribution in [2.75, 3.05) is 0 Å². The number of benzene rings is 2. The van der Waals surface area contributed by atoms with Gasteiger partial charge in [0.25, 0.3) is 0 Å². The van der Waals surface area contributed by atoms with Gasteiger partial charge in [0.2, 0.25) is 0 Å². The molecule has 0 radical (unpaired) electrons. The highest BCUT2D eigenvalue weighted by atomic mass is 16.5. The van der Waals surface area contributed by atoms with Crippen LogP contribution < -0.4 is 4.74 Å². The van der Waals surface area contributed by atoms with E-state index in [4.69, 9.17) is 4.74 Å². The first-order chi connectivity index (χ1) is 10.2. The zero-order valence-electron chi connectivity index (χ0n) is 11.6. The highest BCUT2D eigenvalue weighted by Crippen LogP contribution is 2.62. The van der Waals surface area contributed by atoms with E-state index in [1.54, 1.807) is 0 Å². The fourth-order valence-electron chi connectivity index (χ4n) is 3.62. The molecule has 1 spiro atoms. The van der Waals surface area contributed by atoms with Crippen LogP contribution in [-0.4, -0.2) is 11.1 Å². The zero-order chi connectivity index (χ0) is 14.4. The van der Waals surface area contributed by atoms with Gasteiger partial charge in [0, 0.05) is 5.41 Å². The SMILES string of the molecule is O=C(O)[C@@H]1C[C@]12CCc1ccc(Oc3ccccc3)cc12. The number of fused-ring (bicyclic) bond motifs is 2. The van der Waals surface area contributed by atoms with E-state index in [0.717, 1.165) is 30.8 Å². The van der Waals surface area contributed by atoms with Crippen molar-refractivity contribution in [1.29, 1.82) is 0 Å². The molecule has 1 fully saturated rings. The van der Waals surface area contributed by atoms with Gasteiger partial charge in [-0.25, -0.2) is 0 Å². The van der Waals surface area contributed by atoms with Crippen molar-refractivity contribution in [2.45, 2.75) is 24.7 Å². The summed E-state index contributed by atoms with van der Waals surface area (Å²) in [5.41, 5.74) is 2.33. The summed E-state index contributed by atoms with van der Waals surface area (Å²) in [5.74, 6) is 0.704. The maximum absolute atomic E-state index is 11.3. The molecule has 1 saturated carbocycles. The van der Waals surface area contributed by atoms with Crippen molar-refractivity contribution in [3.05, 3.63) is 59.7 Å². The van der Waals surface area contributed by atoms with Crippen LogP contribution in [0.25, 0.3) is 0 Å². The first-order valence-electron chi connectivity index (χ1n) is 7.28. The quantitative estimate of drug-likeness (QED) is 0.931. The number of carbonyl (C=O) groups is 1. The lowest BCUT2D eigenvalue weighted by Crippen LogP contribution is -2.11. The van der Waals surface area contributed by atoms with E-state index in [0.29, 0.717) is 0 Å². The van der Waals surface area contributed by atoms with E-state index in [-0.39, 0.29) is 11.3 Å². The van der Waals surface area contributed by atoms with Crippen LogP contribution in [0.5, 0.6) is 11.5 Å². The van der Waals surface area contributed by atoms with Gasteiger partial charge >= 0.3 is 5.97 Å². The first-order valence-corrected chi connectivity index (χ1v) is 7.28. The number of rotatable bonds is 3. The van der Waals surface area contributed by atoms with Crippen LogP contribution in [0.3, 0.4) is 0 Å². The smallest absolute Gasteiger partial charge is 0.307 e. The Balaban J connectivity index is 1.66. The van der Waals surface area contributed by atoms with Crippen LogP contribution in [0, 0.1) is 5.92 Å². The molecule has 0 saturated heterocycles. The molecule has 0 aliphatic heterocycles. The average Bonchev–Trinajstić information content (AvgIpc) is 3.12. The molecule has 0 heterocycles. The monoisotopic (exact) mass is 280 g/mol. The fourth-order valence-corrected chi connectivity index (χ4v) is 3.62. The molecule has 106 valence electrons. The summed E-state index contributed by atoms with van der Waals surface area (Å²) in [4.78, 5) is 11.3. The number of hydrogen-bond donors (Lipinski definition) is 1. The first kappa shape index (κ1) is 12.5. The standard InChI is InChI=1S/C18H16O3/c19-17(20)16-11-18(16)9-8-12-6-7-14(10-15(12)18)21-13-4-2-1-3-5-13/h1-7,10,16H,8-9,11H2,(H,19,20)/t16-,18-/m0/s1. The summed E-state index contributed by atoms with van der Waals surface area (Å²) in [6, 6.07) is 15.8. The Morgan fingerprint density at radius 3 is 2.67 bits per heavy atom. The normalized spacial score (nSPS) is 25.6. The summed E-state index contributed by atoms with van der Waals surface area (Å²) in [5, 5.41) is 9.28. The Bertz CT molecular complexity index is 708. The minimum Gasteiger partial charge on any atom is -0.481 e. The summed E-state index contributed by atoms with van der Waals surface area (Å²) in [7, 11) is 0. The predicted octanol–water partition coefficient (Wildman–Crippen LogP) is 3.77. The third kappa shape index (κ3) is 1.92. The molecular weight excluding hydrogens is 264 g/mol. The van der Waals surface area contributed by atoms with Gasteiger partial charge in [-0.3, -0.25) is 4.79 Å². The number of hydrogen-bond acceptors (Lipinski definition) is 2. The van der Waals surface area contributed by atoms with Crippen molar-refractivity contribution in [3.63, 3.8) is 0 Å². The highest BCUT2D eigenvalue weighted by molar-refractivity contribution is 5.78. The lowest BCUT2D eigenvalue weighted by atomic mass is 9.95. The van der Waals surface area contributed by atoms with Gasteiger partial charge < -0.3 is 9.84 Å². The Hall–Kier alpha value is -2.29. The van der Waals surface area contributed by atoms with Crippen molar-refractivity contribution >= 4 is 5.97 Å². The molecular formula is C18H16O3. The van der Waals surface area contributed by atoms with Crippen LogP contribution >= 0.6 is 0 Å². The molecule has 3 heteroatoms. The van der Waals surface area contributed by atoms with Crippen LogP contribution in [0.15, 0.2) is 48.5 Å². The minimum absolute atomic E-state index is 0.128. The molecule has 2 atom stereocenters. The van der Waals surface area contributed by atoms with Crippen LogP contribution in [0.2, 0.25) is 0 Å².